The maximum Gasteiger partial charge on any atom is 0.424 e. The minimum Gasteiger partial charge on any atom is -0.497 e. The summed E-state index contributed by atoms with van der Waals surface area (Å²) < 4.78 is 38.3. The maximum absolute atomic E-state index is 13.6. The minimum atomic E-state index is -4.58. The predicted octanol–water partition coefficient (Wildman–Crippen LogP) is 4.22. The van der Waals surface area contributed by atoms with Gasteiger partial charge in [-0.05, 0) is 72.3 Å². The first-order chi connectivity index (χ1) is 18.3. The van der Waals surface area contributed by atoms with Gasteiger partial charge in [0.05, 0.1) is 12.0 Å². The molecular weight excluding hydrogens is 508 g/mol. The molecule has 4 rings (SSSR count). The van der Waals surface area contributed by atoms with Crippen LogP contribution in [0.25, 0.3) is 11.1 Å². The number of carbonyl (C=O) groups is 2. The Morgan fingerprint density at radius 3 is 2.05 bits per heavy atom. The number of methoxy groups -OCH3 is 1. The molecule has 200 valence electrons. The molecule has 0 spiro atoms. The maximum atomic E-state index is 13.6. The van der Waals surface area contributed by atoms with Gasteiger partial charge in [0.15, 0.2) is 0 Å². The normalized spacial score (nSPS) is 13.3. The van der Waals surface area contributed by atoms with E-state index >= 15 is 0 Å². The fourth-order valence-electron chi connectivity index (χ4n) is 4.73. The van der Waals surface area contributed by atoms with Crippen LogP contribution < -0.4 is 10.5 Å². The lowest BCUT2D eigenvalue weighted by Gasteiger charge is -2.28. The zero-order chi connectivity index (χ0) is 27.3. The van der Waals surface area contributed by atoms with Gasteiger partial charge in [0.2, 0.25) is 0 Å². The average molecular weight is 539 g/mol. The van der Waals surface area contributed by atoms with Gasteiger partial charge in [-0.15, -0.1) is 0 Å². The van der Waals surface area contributed by atoms with Gasteiger partial charge >= 0.3 is 12.1 Å². The van der Waals surface area contributed by atoms with Crippen LogP contribution in [0.5, 0.6) is 5.75 Å². The highest BCUT2D eigenvalue weighted by Gasteiger charge is 2.41. The number of carboxylic acids is 1. The lowest BCUT2D eigenvalue weighted by atomic mass is 9.98. The minimum absolute atomic E-state index is 0.105. The second-order valence-corrected chi connectivity index (χ2v) is 10.7. The van der Waals surface area contributed by atoms with Crippen molar-refractivity contribution in [2.24, 2.45) is 5.73 Å². The molecular formula is C28H30N2O7S. The van der Waals surface area contributed by atoms with Crippen LogP contribution >= 0.6 is 0 Å². The van der Waals surface area contributed by atoms with Crippen molar-refractivity contribution in [1.82, 2.24) is 4.31 Å². The SMILES string of the molecule is COc1ccc(S(=O)(=O)N(C(=O)OCC2c3ccccc3-c3ccccc32)[C@@H](CCCCN)C(=O)O)cc1. The molecule has 1 aliphatic carbocycles. The molecule has 0 heterocycles. The largest absolute Gasteiger partial charge is 0.497 e. The van der Waals surface area contributed by atoms with Crippen molar-refractivity contribution in [3.8, 4) is 16.9 Å². The van der Waals surface area contributed by atoms with E-state index in [2.05, 4.69) is 0 Å². The van der Waals surface area contributed by atoms with Crippen molar-refractivity contribution >= 4 is 22.1 Å². The number of aliphatic carboxylic acids is 1. The molecule has 0 unspecified atom stereocenters. The van der Waals surface area contributed by atoms with E-state index in [4.69, 9.17) is 15.2 Å². The van der Waals surface area contributed by atoms with Crippen molar-refractivity contribution in [1.29, 1.82) is 0 Å². The molecule has 3 aromatic rings. The van der Waals surface area contributed by atoms with Gasteiger partial charge in [0, 0.05) is 5.92 Å². The first kappa shape index (κ1) is 27.2. The summed E-state index contributed by atoms with van der Waals surface area (Å²) in [5.41, 5.74) is 9.46. The number of fused-ring (bicyclic) bond motifs is 3. The first-order valence-corrected chi connectivity index (χ1v) is 13.7. The number of benzene rings is 3. The fourth-order valence-corrected chi connectivity index (χ4v) is 6.22. The van der Waals surface area contributed by atoms with E-state index in [9.17, 15) is 23.1 Å². The average Bonchev–Trinajstić information content (AvgIpc) is 3.24. The van der Waals surface area contributed by atoms with E-state index in [1.165, 1.54) is 31.4 Å². The number of carbonyl (C=O) groups excluding carboxylic acids is 1. The van der Waals surface area contributed by atoms with Crippen LogP contribution in [0.15, 0.2) is 77.7 Å². The third-order valence-corrected chi connectivity index (χ3v) is 8.42. The fraction of sp³-hybridized carbons (Fsp3) is 0.286. The molecule has 0 bridgehead atoms. The first-order valence-electron chi connectivity index (χ1n) is 12.3. The van der Waals surface area contributed by atoms with Gasteiger partial charge in [-0.1, -0.05) is 48.5 Å². The number of carboxylic acid groups (broad SMARTS) is 1. The number of nitrogens with zero attached hydrogens (tertiary/aromatic N) is 1. The van der Waals surface area contributed by atoms with Crippen molar-refractivity contribution in [2.45, 2.75) is 36.1 Å². The quantitative estimate of drug-likeness (QED) is 0.347. The number of rotatable bonds is 11. The Kier molecular flexibility index (Phi) is 8.33. The van der Waals surface area contributed by atoms with Gasteiger partial charge in [0.25, 0.3) is 10.0 Å². The van der Waals surface area contributed by atoms with E-state index in [1.807, 2.05) is 48.5 Å². The van der Waals surface area contributed by atoms with E-state index in [1.54, 1.807) is 0 Å². The zero-order valence-corrected chi connectivity index (χ0v) is 21.8. The highest BCUT2D eigenvalue weighted by molar-refractivity contribution is 7.89. The number of sulfonamides is 1. The summed E-state index contributed by atoms with van der Waals surface area (Å²) in [7, 11) is -3.15. The van der Waals surface area contributed by atoms with E-state index < -0.39 is 28.1 Å². The Morgan fingerprint density at radius 1 is 0.947 bits per heavy atom. The number of ether oxygens (including phenoxy) is 2. The number of amides is 1. The second kappa shape index (κ2) is 11.7. The van der Waals surface area contributed by atoms with Crippen molar-refractivity contribution in [3.05, 3.63) is 83.9 Å². The molecule has 0 saturated carbocycles. The van der Waals surface area contributed by atoms with Gasteiger partial charge in [-0.2, -0.15) is 4.31 Å². The molecule has 10 heteroatoms. The molecule has 1 aliphatic rings. The summed E-state index contributed by atoms with van der Waals surface area (Å²) in [6.45, 7) is 0.152. The summed E-state index contributed by atoms with van der Waals surface area (Å²) in [5.74, 6) is -1.36. The summed E-state index contributed by atoms with van der Waals surface area (Å²) in [6.07, 6.45) is -0.557. The standard InChI is InChI=1S/C28H30N2O7S/c1-36-19-13-15-20(16-14-19)38(34,35)30(26(27(31)32)12-6-7-17-29)28(33)37-18-25-23-10-4-2-8-21(23)22-9-3-5-11-24(22)25/h2-5,8-11,13-16,25-26H,6-7,12,17-18,29H2,1H3,(H,31,32)/t26-/m0/s1. The Balaban J connectivity index is 1.66. The third-order valence-electron chi connectivity index (χ3n) is 6.63. The molecule has 1 atom stereocenters. The van der Waals surface area contributed by atoms with Crippen LogP contribution in [-0.2, 0) is 19.6 Å². The van der Waals surface area contributed by atoms with Gasteiger partial charge < -0.3 is 20.3 Å². The number of nitrogens with two attached hydrogens (primary N) is 1. The van der Waals surface area contributed by atoms with Crippen molar-refractivity contribution in [2.75, 3.05) is 20.3 Å². The lowest BCUT2D eigenvalue weighted by Crippen LogP contribution is -2.49. The van der Waals surface area contributed by atoms with Gasteiger partial charge in [-0.3, -0.25) is 0 Å². The summed E-state index contributed by atoms with van der Waals surface area (Å²) in [6, 6.07) is 19.2. The van der Waals surface area contributed by atoms with E-state index in [0.29, 0.717) is 29.4 Å². The van der Waals surface area contributed by atoms with Crippen LogP contribution in [0.4, 0.5) is 4.79 Å². The monoisotopic (exact) mass is 538 g/mol. The highest BCUT2D eigenvalue weighted by atomic mass is 32.2. The number of hydrogen-bond donors (Lipinski definition) is 2. The van der Waals surface area contributed by atoms with Crippen LogP contribution in [0.3, 0.4) is 0 Å². The van der Waals surface area contributed by atoms with Crippen molar-refractivity contribution in [3.63, 3.8) is 0 Å². The molecule has 0 aromatic heterocycles. The van der Waals surface area contributed by atoms with Crippen LogP contribution in [0.2, 0.25) is 0 Å². The number of unbranched alkanes of at least 4 members (excludes halogenated alkanes) is 1. The van der Waals surface area contributed by atoms with Gasteiger partial charge in [-0.25, -0.2) is 18.0 Å². The Hall–Kier alpha value is -3.89. The predicted molar refractivity (Wildman–Crippen MR) is 141 cm³/mol. The molecule has 3 N–H and O–H groups in total. The molecule has 3 aromatic carbocycles. The molecule has 0 radical (unpaired) electrons. The summed E-state index contributed by atoms with van der Waals surface area (Å²) in [5, 5.41) is 9.96. The lowest BCUT2D eigenvalue weighted by molar-refractivity contribution is -0.141. The molecule has 0 aliphatic heterocycles. The van der Waals surface area contributed by atoms with Crippen LogP contribution in [0.1, 0.15) is 36.3 Å². The molecule has 0 saturated heterocycles. The zero-order valence-electron chi connectivity index (χ0n) is 20.9. The molecule has 0 fully saturated rings. The summed E-state index contributed by atoms with van der Waals surface area (Å²) in [4.78, 5) is 25.4. The van der Waals surface area contributed by atoms with Crippen LogP contribution in [0, 0.1) is 0 Å². The van der Waals surface area contributed by atoms with Crippen molar-refractivity contribution < 1.29 is 32.6 Å². The Morgan fingerprint density at radius 2 is 1.53 bits per heavy atom. The van der Waals surface area contributed by atoms with Gasteiger partial charge in [0.1, 0.15) is 18.4 Å². The highest BCUT2D eigenvalue weighted by Crippen LogP contribution is 2.44. The third kappa shape index (κ3) is 5.36. The summed E-state index contributed by atoms with van der Waals surface area (Å²) >= 11 is 0. The molecule has 9 nitrogen and oxygen atoms in total. The van der Waals surface area contributed by atoms with E-state index in [-0.39, 0.29) is 23.8 Å². The van der Waals surface area contributed by atoms with Crippen LogP contribution in [-0.4, -0.2) is 56.2 Å². The molecule has 1 amide bonds. The Labute approximate surface area is 221 Å². The molecule has 38 heavy (non-hydrogen) atoms. The van der Waals surface area contributed by atoms with E-state index in [0.717, 1.165) is 22.3 Å². The number of hydrogen-bond acceptors (Lipinski definition) is 7. The smallest absolute Gasteiger partial charge is 0.424 e. The second-order valence-electron chi connectivity index (χ2n) is 8.92. The topological polar surface area (TPSA) is 136 Å². The Bertz CT molecular complexity index is 1360.